The highest BCUT2D eigenvalue weighted by Crippen LogP contribution is 2.30. The average Bonchev–Trinajstić information content (AvgIpc) is 2.25. The Morgan fingerprint density at radius 2 is 2.22 bits per heavy atom. The van der Waals surface area contributed by atoms with E-state index in [2.05, 4.69) is 18.7 Å². The van der Waals surface area contributed by atoms with Crippen molar-refractivity contribution in [3.05, 3.63) is 28.8 Å². The molecule has 4 heteroatoms. The standard InChI is InChI=1S/C14H18ClNO2/c1-10-7-16(9-14(2,3)18-10)13-6-4-5-12(15)11(13)8-17/h4-6,8,10H,7,9H2,1-3H3. The van der Waals surface area contributed by atoms with Gasteiger partial charge in [-0.05, 0) is 32.9 Å². The molecule has 3 nitrogen and oxygen atoms in total. The van der Waals surface area contributed by atoms with E-state index in [9.17, 15) is 4.79 Å². The molecule has 1 unspecified atom stereocenters. The lowest BCUT2D eigenvalue weighted by molar-refractivity contribution is -0.0749. The van der Waals surface area contributed by atoms with Crippen LogP contribution in [0.15, 0.2) is 18.2 Å². The van der Waals surface area contributed by atoms with E-state index in [4.69, 9.17) is 16.3 Å². The minimum Gasteiger partial charge on any atom is -0.369 e. The van der Waals surface area contributed by atoms with Crippen molar-refractivity contribution in [3.63, 3.8) is 0 Å². The molecule has 0 bridgehead atoms. The number of carbonyl (C=O) groups is 1. The monoisotopic (exact) mass is 267 g/mol. The minimum absolute atomic E-state index is 0.132. The summed E-state index contributed by atoms with van der Waals surface area (Å²) in [5.41, 5.74) is 1.23. The number of aldehydes is 1. The van der Waals surface area contributed by atoms with Crippen LogP contribution in [0.4, 0.5) is 5.69 Å². The number of morpholine rings is 1. The van der Waals surface area contributed by atoms with Gasteiger partial charge in [-0.3, -0.25) is 4.79 Å². The molecular weight excluding hydrogens is 250 g/mol. The minimum atomic E-state index is -0.222. The van der Waals surface area contributed by atoms with E-state index >= 15 is 0 Å². The molecule has 1 aliphatic heterocycles. The van der Waals surface area contributed by atoms with Crippen LogP contribution in [0, 0.1) is 0 Å². The van der Waals surface area contributed by atoms with E-state index in [0.29, 0.717) is 10.6 Å². The smallest absolute Gasteiger partial charge is 0.153 e. The van der Waals surface area contributed by atoms with Crippen molar-refractivity contribution >= 4 is 23.6 Å². The average molecular weight is 268 g/mol. The van der Waals surface area contributed by atoms with Crippen LogP contribution < -0.4 is 4.90 Å². The summed E-state index contributed by atoms with van der Waals surface area (Å²) in [6.45, 7) is 7.67. The summed E-state index contributed by atoms with van der Waals surface area (Å²) in [5, 5.41) is 0.499. The molecular formula is C14H18ClNO2. The maximum atomic E-state index is 11.2. The summed E-state index contributed by atoms with van der Waals surface area (Å²) in [6, 6.07) is 5.55. The fraction of sp³-hybridized carbons (Fsp3) is 0.500. The molecule has 1 aromatic carbocycles. The van der Waals surface area contributed by atoms with Gasteiger partial charge in [-0.25, -0.2) is 0 Å². The third-order valence-electron chi connectivity index (χ3n) is 3.06. The van der Waals surface area contributed by atoms with E-state index < -0.39 is 0 Å². The molecule has 0 N–H and O–H groups in total. The predicted octanol–water partition coefficient (Wildman–Crippen LogP) is 3.16. The number of hydrogen-bond donors (Lipinski definition) is 0. The lowest BCUT2D eigenvalue weighted by Crippen LogP contribution is -2.52. The Hall–Kier alpha value is -1.06. The van der Waals surface area contributed by atoms with Crippen LogP contribution in [-0.4, -0.2) is 31.1 Å². The Morgan fingerprint density at radius 3 is 2.83 bits per heavy atom. The number of ether oxygens (including phenoxy) is 1. The second kappa shape index (κ2) is 4.90. The number of benzene rings is 1. The molecule has 98 valence electrons. The van der Waals surface area contributed by atoms with E-state index in [1.165, 1.54) is 0 Å². The van der Waals surface area contributed by atoms with E-state index in [-0.39, 0.29) is 11.7 Å². The number of nitrogens with zero attached hydrogens (tertiary/aromatic N) is 1. The number of rotatable bonds is 2. The molecule has 2 rings (SSSR count). The van der Waals surface area contributed by atoms with Gasteiger partial charge in [0.2, 0.25) is 0 Å². The fourth-order valence-electron chi connectivity index (χ4n) is 2.56. The Labute approximate surface area is 113 Å². The highest BCUT2D eigenvalue weighted by molar-refractivity contribution is 6.33. The first-order valence-corrected chi connectivity index (χ1v) is 6.47. The van der Waals surface area contributed by atoms with Gasteiger partial charge < -0.3 is 9.64 Å². The van der Waals surface area contributed by atoms with Gasteiger partial charge in [0, 0.05) is 18.8 Å². The summed E-state index contributed by atoms with van der Waals surface area (Å²) < 4.78 is 5.87. The maximum Gasteiger partial charge on any atom is 0.153 e. The van der Waals surface area contributed by atoms with E-state index in [1.807, 2.05) is 19.1 Å². The van der Waals surface area contributed by atoms with Crippen LogP contribution in [0.3, 0.4) is 0 Å². The number of anilines is 1. The zero-order valence-electron chi connectivity index (χ0n) is 10.9. The van der Waals surface area contributed by atoms with E-state index in [0.717, 1.165) is 25.1 Å². The van der Waals surface area contributed by atoms with Gasteiger partial charge in [0.15, 0.2) is 6.29 Å². The van der Waals surface area contributed by atoms with Crippen LogP contribution in [0.5, 0.6) is 0 Å². The highest BCUT2D eigenvalue weighted by atomic mass is 35.5. The first kappa shape index (κ1) is 13.4. The summed E-state index contributed by atoms with van der Waals surface area (Å²) >= 11 is 6.07. The predicted molar refractivity (Wildman–Crippen MR) is 73.7 cm³/mol. The van der Waals surface area contributed by atoms with Crippen LogP contribution in [-0.2, 0) is 4.74 Å². The molecule has 0 radical (unpaired) electrons. The second-order valence-electron chi connectivity index (χ2n) is 5.36. The van der Waals surface area contributed by atoms with Crippen molar-refractivity contribution in [1.29, 1.82) is 0 Å². The zero-order valence-corrected chi connectivity index (χ0v) is 11.7. The van der Waals surface area contributed by atoms with Gasteiger partial charge in [0.1, 0.15) is 0 Å². The van der Waals surface area contributed by atoms with Crippen LogP contribution in [0.1, 0.15) is 31.1 Å². The van der Waals surface area contributed by atoms with Crippen molar-refractivity contribution in [2.24, 2.45) is 0 Å². The van der Waals surface area contributed by atoms with Gasteiger partial charge in [0.25, 0.3) is 0 Å². The van der Waals surface area contributed by atoms with Gasteiger partial charge in [-0.1, -0.05) is 17.7 Å². The number of hydrogen-bond acceptors (Lipinski definition) is 3. The quantitative estimate of drug-likeness (QED) is 0.771. The molecule has 0 aromatic heterocycles. The van der Waals surface area contributed by atoms with Crippen molar-refractivity contribution in [1.82, 2.24) is 0 Å². The first-order valence-electron chi connectivity index (χ1n) is 6.09. The molecule has 1 fully saturated rings. The van der Waals surface area contributed by atoms with Crippen LogP contribution >= 0.6 is 11.6 Å². The third kappa shape index (κ3) is 2.68. The highest BCUT2D eigenvalue weighted by Gasteiger charge is 2.32. The van der Waals surface area contributed by atoms with Gasteiger partial charge in [-0.15, -0.1) is 0 Å². The first-order chi connectivity index (χ1) is 8.43. The summed E-state index contributed by atoms with van der Waals surface area (Å²) in [7, 11) is 0. The van der Waals surface area contributed by atoms with Crippen LogP contribution in [0.25, 0.3) is 0 Å². The SMILES string of the molecule is CC1CN(c2cccc(Cl)c2C=O)CC(C)(C)O1. The van der Waals surface area contributed by atoms with Gasteiger partial charge in [-0.2, -0.15) is 0 Å². The normalized spacial score (nSPS) is 22.9. The lowest BCUT2D eigenvalue weighted by atomic mass is 10.0. The summed E-state index contributed by atoms with van der Waals surface area (Å²) in [4.78, 5) is 13.4. The van der Waals surface area contributed by atoms with Crippen molar-refractivity contribution in [2.75, 3.05) is 18.0 Å². The van der Waals surface area contributed by atoms with E-state index in [1.54, 1.807) is 6.07 Å². The van der Waals surface area contributed by atoms with Crippen LogP contribution in [0.2, 0.25) is 5.02 Å². The Balaban J connectivity index is 2.36. The van der Waals surface area contributed by atoms with Crippen molar-refractivity contribution in [2.45, 2.75) is 32.5 Å². The molecule has 0 amide bonds. The molecule has 1 saturated heterocycles. The zero-order chi connectivity index (χ0) is 13.3. The molecule has 1 aromatic rings. The molecule has 18 heavy (non-hydrogen) atoms. The topological polar surface area (TPSA) is 29.5 Å². The third-order valence-corrected chi connectivity index (χ3v) is 3.39. The van der Waals surface area contributed by atoms with Gasteiger partial charge >= 0.3 is 0 Å². The lowest BCUT2D eigenvalue weighted by Gasteiger charge is -2.43. The van der Waals surface area contributed by atoms with Gasteiger partial charge in [0.05, 0.1) is 22.3 Å². The fourth-order valence-corrected chi connectivity index (χ4v) is 2.77. The largest absolute Gasteiger partial charge is 0.369 e. The molecule has 0 saturated carbocycles. The number of carbonyl (C=O) groups excluding carboxylic acids is 1. The molecule has 1 aliphatic rings. The Bertz CT molecular complexity index is 459. The molecule has 0 aliphatic carbocycles. The summed E-state index contributed by atoms with van der Waals surface area (Å²) in [5.74, 6) is 0. The maximum absolute atomic E-state index is 11.2. The Morgan fingerprint density at radius 1 is 1.50 bits per heavy atom. The Kier molecular flexibility index (Phi) is 3.64. The molecule has 1 atom stereocenters. The summed E-state index contributed by atoms with van der Waals surface area (Å²) in [6.07, 6.45) is 0.956. The molecule has 1 heterocycles. The second-order valence-corrected chi connectivity index (χ2v) is 5.77. The molecule has 0 spiro atoms. The van der Waals surface area contributed by atoms with Crippen molar-refractivity contribution < 1.29 is 9.53 Å². The number of halogens is 1. The van der Waals surface area contributed by atoms with Crippen molar-refractivity contribution in [3.8, 4) is 0 Å².